The molecular formula is C13H15N6O2+. The van der Waals surface area contributed by atoms with Gasteiger partial charge in [0, 0.05) is 17.3 Å². The first-order valence-electron chi connectivity index (χ1n) is 6.61. The topological polar surface area (TPSA) is 96.1 Å². The van der Waals surface area contributed by atoms with Crippen molar-refractivity contribution in [2.75, 3.05) is 11.9 Å². The molecule has 1 unspecified atom stereocenters. The van der Waals surface area contributed by atoms with Crippen molar-refractivity contribution in [3.8, 4) is 0 Å². The monoisotopic (exact) mass is 287 g/mol. The molecule has 8 nitrogen and oxygen atoms in total. The number of aromatic nitrogens is 5. The number of pyridine rings is 1. The van der Waals surface area contributed by atoms with Crippen LogP contribution in [-0.4, -0.2) is 32.8 Å². The summed E-state index contributed by atoms with van der Waals surface area (Å²) in [5, 5.41) is 14.6. The van der Waals surface area contributed by atoms with Gasteiger partial charge in [0.15, 0.2) is 12.4 Å². The Morgan fingerprint density at radius 3 is 3.14 bits per heavy atom. The fraction of sp³-hybridized carbons (Fsp3) is 0.308. The van der Waals surface area contributed by atoms with Gasteiger partial charge in [-0.3, -0.25) is 0 Å². The van der Waals surface area contributed by atoms with E-state index in [-0.39, 0.29) is 5.97 Å². The van der Waals surface area contributed by atoms with Crippen LogP contribution in [0.4, 0.5) is 5.95 Å². The molecule has 2 N–H and O–H groups in total. The van der Waals surface area contributed by atoms with Gasteiger partial charge in [-0.2, -0.15) is 4.68 Å². The number of allylic oxidation sites excluding steroid dienone is 1. The molecular weight excluding hydrogens is 272 g/mol. The highest BCUT2D eigenvalue weighted by atomic mass is 16.5. The summed E-state index contributed by atoms with van der Waals surface area (Å²) in [6.45, 7) is 3.90. The Hall–Kier alpha value is -2.77. The fourth-order valence-corrected chi connectivity index (χ4v) is 2.37. The largest absolute Gasteiger partial charge is 0.463 e. The van der Waals surface area contributed by atoms with Crippen LogP contribution in [0.2, 0.25) is 0 Å². The molecule has 0 saturated heterocycles. The second-order valence-corrected chi connectivity index (χ2v) is 4.57. The van der Waals surface area contributed by atoms with Crippen LogP contribution in [0.3, 0.4) is 0 Å². The smallest absolute Gasteiger partial charge is 0.338 e. The zero-order valence-electron chi connectivity index (χ0n) is 11.7. The van der Waals surface area contributed by atoms with Crippen LogP contribution in [0.1, 0.15) is 25.5 Å². The van der Waals surface area contributed by atoms with Gasteiger partial charge in [0.25, 0.3) is 0 Å². The molecule has 108 valence electrons. The van der Waals surface area contributed by atoms with Crippen LogP contribution in [0.15, 0.2) is 35.8 Å². The van der Waals surface area contributed by atoms with E-state index in [1.54, 1.807) is 17.8 Å². The van der Waals surface area contributed by atoms with Crippen molar-refractivity contribution in [1.82, 2.24) is 20.2 Å². The van der Waals surface area contributed by atoms with E-state index in [9.17, 15) is 4.79 Å². The van der Waals surface area contributed by atoms with Gasteiger partial charge < -0.3 is 10.1 Å². The highest BCUT2D eigenvalue weighted by Crippen LogP contribution is 2.33. The molecule has 1 atom stereocenters. The highest BCUT2D eigenvalue weighted by molar-refractivity contribution is 5.92. The minimum absolute atomic E-state index is 0.311. The SMILES string of the molecule is CCOC(=O)C1=C(C)Nc2nnnn2C1c1ccc[nH+]c1. The summed E-state index contributed by atoms with van der Waals surface area (Å²) in [6.07, 6.45) is 3.61. The number of carbonyl (C=O) groups is 1. The van der Waals surface area contributed by atoms with E-state index >= 15 is 0 Å². The molecule has 3 rings (SSSR count). The maximum absolute atomic E-state index is 12.3. The first kappa shape index (κ1) is 13.2. The van der Waals surface area contributed by atoms with Gasteiger partial charge in [0.2, 0.25) is 5.95 Å². The zero-order valence-corrected chi connectivity index (χ0v) is 11.7. The summed E-state index contributed by atoms with van der Waals surface area (Å²) < 4.78 is 6.74. The number of fused-ring (bicyclic) bond motifs is 1. The zero-order chi connectivity index (χ0) is 14.8. The number of anilines is 1. The normalized spacial score (nSPS) is 17.1. The number of ether oxygens (including phenoxy) is 1. The van der Waals surface area contributed by atoms with E-state index in [4.69, 9.17) is 4.74 Å². The number of esters is 1. The van der Waals surface area contributed by atoms with E-state index in [0.717, 1.165) is 5.56 Å². The van der Waals surface area contributed by atoms with Gasteiger partial charge in [-0.15, -0.1) is 0 Å². The molecule has 1 aliphatic rings. The third-order valence-corrected chi connectivity index (χ3v) is 3.26. The number of aromatic amines is 1. The number of tetrazole rings is 1. The Labute approximate surface area is 120 Å². The average molecular weight is 287 g/mol. The molecule has 2 aromatic heterocycles. The van der Waals surface area contributed by atoms with E-state index in [1.807, 2.05) is 25.3 Å². The van der Waals surface area contributed by atoms with Gasteiger partial charge in [-0.25, -0.2) is 9.78 Å². The Balaban J connectivity index is 2.13. The minimum Gasteiger partial charge on any atom is -0.463 e. The van der Waals surface area contributed by atoms with Gasteiger partial charge >= 0.3 is 5.97 Å². The van der Waals surface area contributed by atoms with Gasteiger partial charge in [0.05, 0.1) is 12.2 Å². The molecule has 0 spiro atoms. The predicted molar refractivity (Wildman–Crippen MR) is 71.9 cm³/mol. The second-order valence-electron chi connectivity index (χ2n) is 4.57. The number of H-pyrrole nitrogens is 1. The first-order chi connectivity index (χ1) is 10.2. The number of nitrogens with zero attached hydrogens (tertiary/aromatic N) is 4. The first-order valence-corrected chi connectivity index (χ1v) is 6.61. The van der Waals surface area contributed by atoms with Gasteiger partial charge in [-0.05, 0) is 30.3 Å². The lowest BCUT2D eigenvalue weighted by molar-refractivity contribution is -0.378. The quantitative estimate of drug-likeness (QED) is 0.818. The minimum atomic E-state index is -0.423. The van der Waals surface area contributed by atoms with Crippen molar-refractivity contribution in [2.45, 2.75) is 19.9 Å². The number of hydrogen-bond donors (Lipinski definition) is 1. The maximum atomic E-state index is 12.3. The van der Waals surface area contributed by atoms with Crippen LogP contribution >= 0.6 is 0 Å². The van der Waals surface area contributed by atoms with E-state index < -0.39 is 6.04 Å². The Morgan fingerprint density at radius 2 is 2.43 bits per heavy atom. The number of carbonyl (C=O) groups excluding carboxylic acids is 1. The lowest BCUT2D eigenvalue weighted by atomic mass is 9.97. The fourth-order valence-electron chi connectivity index (χ4n) is 2.37. The van der Waals surface area contributed by atoms with Crippen LogP contribution in [0, 0.1) is 0 Å². The van der Waals surface area contributed by atoms with E-state index in [2.05, 4.69) is 25.8 Å². The Kier molecular flexibility index (Phi) is 3.35. The summed E-state index contributed by atoms with van der Waals surface area (Å²) in [5.41, 5.74) is 2.05. The second kappa shape index (κ2) is 5.31. The molecule has 0 aromatic carbocycles. The van der Waals surface area contributed by atoms with Crippen molar-refractivity contribution < 1.29 is 14.5 Å². The third-order valence-electron chi connectivity index (χ3n) is 3.26. The molecule has 21 heavy (non-hydrogen) atoms. The van der Waals surface area contributed by atoms with Gasteiger partial charge in [-0.1, -0.05) is 5.10 Å². The molecule has 8 heteroatoms. The third kappa shape index (κ3) is 2.24. The summed E-state index contributed by atoms with van der Waals surface area (Å²) in [6, 6.07) is 3.34. The maximum Gasteiger partial charge on any atom is 0.338 e. The predicted octanol–water partition coefficient (Wildman–Crippen LogP) is 0.339. The van der Waals surface area contributed by atoms with E-state index in [0.29, 0.717) is 23.8 Å². The van der Waals surface area contributed by atoms with Crippen molar-refractivity contribution in [2.24, 2.45) is 0 Å². The van der Waals surface area contributed by atoms with Crippen LogP contribution < -0.4 is 10.3 Å². The molecule has 0 saturated carbocycles. The van der Waals surface area contributed by atoms with Crippen molar-refractivity contribution in [3.05, 3.63) is 41.4 Å². The van der Waals surface area contributed by atoms with Crippen LogP contribution in [0.25, 0.3) is 0 Å². The van der Waals surface area contributed by atoms with Crippen molar-refractivity contribution >= 4 is 11.9 Å². The lowest BCUT2D eigenvalue weighted by Crippen LogP contribution is -2.30. The van der Waals surface area contributed by atoms with Crippen molar-refractivity contribution in [3.63, 3.8) is 0 Å². The van der Waals surface area contributed by atoms with Crippen molar-refractivity contribution in [1.29, 1.82) is 0 Å². The molecule has 0 bridgehead atoms. The van der Waals surface area contributed by atoms with Crippen LogP contribution in [0.5, 0.6) is 0 Å². The summed E-state index contributed by atoms with van der Waals surface area (Å²) in [5.74, 6) is 0.118. The lowest BCUT2D eigenvalue weighted by Gasteiger charge is -2.26. The Morgan fingerprint density at radius 1 is 1.57 bits per heavy atom. The summed E-state index contributed by atoms with van der Waals surface area (Å²) >= 11 is 0. The van der Waals surface area contributed by atoms with E-state index in [1.165, 1.54) is 0 Å². The highest BCUT2D eigenvalue weighted by Gasteiger charge is 2.35. The summed E-state index contributed by atoms with van der Waals surface area (Å²) in [4.78, 5) is 15.3. The number of rotatable bonds is 3. The van der Waals surface area contributed by atoms with Crippen LogP contribution in [-0.2, 0) is 9.53 Å². The number of hydrogen-bond acceptors (Lipinski definition) is 6. The molecule has 1 aliphatic heterocycles. The Bertz CT molecular complexity index is 694. The molecule has 0 amide bonds. The molecule has 3 heterocycles. The molecule has 0 radical (unpaired) electrons. The van der Waals surface area contributed by atoms with Gasteiger partial charge in [0.1, 0.15) is 6.04 Å². The number of nitrogens with one attached hydrogen (secondary N) is 2. The average Bonchev–Trinajstić information content (AvgIpc) is 2.94. The summed E-state index contributed by atoms with van der Waals surface area (Å²) in [7, 11) is 0. The standard InChI is InChI=1S/C13H14N6O2/c1-3-21-12(20)10-8(2)15-13-16-17-18-19(13)11(10)9-5-4-6-14-7-9/h4-7,11H,3H2,1-2H3,(H,15,16,18)/p+1. The molecule has 0 aliphatic carbocycles. The molecule has 0 fully saturated rings. The molecule has 2 aromatic rings.